The predicted molar refractivity (Wildman–Crippen MR) is 90.6 cm³/mol. The van der Waals surface area contributed by atoms with Gasteiger partial charge < -0.3 is 11.1 Å². The highest BCUT2D eigenvalue weighted by atomic mass is 35.5. The van der Waals surface area contributed by atoms with Crippen LogP contribution in [0.5, 0.6) is 0 Å². The lowest BCUT2D eigenvalue weighted by Crippen LogP contribution is -2.41. The van der Waals surface area contributed by atoms with Gasteiger partial charge in [-0.3, -0.25) is 9.59 Å². The van der Waals surface area contributed by atoms with Crippen LogP contribution >= 0.6 is 12.4 Å². The van der Waals surface area contributed by atoms with E-state index in [4.69, 9.17) is 5.73 Å². The Morgan fingerprint density at radius 3 is 2.62 bits per heavy atom. The third-order valence-corrected chi connectivity index (χ3v) is 6.22. The number of halogens is 1. The summed E-state index contributed by atoms with van der Waals surface area (Å²) in [6.45, 7) is 2.01. The molecule has 9 heteroatoms. The number of nitrogens with zero attached hydrogens (tertiary/aromatic N) is 1. The summed E-state index contributed by atoms with van der Waals surface area (Å²) in [5, 5.41) is 2.84. The van der Waals surface area contributed by atoms with Crippen molar-refractivity contribution in [1.82, 2.24) is 9.62 Å². The molecule has 1 unspecified atom stereocenters. The second kappa shape index (κ2) is 6.70. The van der Waals surface area contributed by atoms with E-state index < -0.39 is 15.9 Å². The number of nitrogens with two attached hydrogens (primary N) is 1. The van der Waals surface area contributed by atoms with Crippen LogP contribution in [0.3, 0.4) is 0 Å². The van der Waals surface area contributed by atoms with Crippen LogP contribution in [0, 0.1) is 5.92 Å². The zero-order valence-electron chi connectivity index (χ0n) is 13.2. The molecule has 2 aliphatic rings. The Hall–Kier alpha value is -1.64. The lowest BCUT2D eigenvalue weighted by molar-refractivity contribution is 0.0873. The van der Waals surface area contributed by atoms with Crippen molar-refractivity contribution in [3.05, 3.63) is 29.3 Å². The number of nitrogens with one attached hydrogen (secondary N) is 1. The normalized spacial score (nSPS) is 19.4. The second-order valence-corrected chi connectivity index (χ2v) is 7.67. The van der Waals surface area contributed by atoms with E-state index >= 15 is 0 Å². The average molecular weight is 374 g/mol. The molecule has 1 atom stereocenters. The molecule has 132 valence electrons. The van der Waals surface area contributed by atoms with Gasteiger partial charge in [-0.2, -0.15) is 0 Å². The highest BCUT2D eigenvalue weighted by molar-refractivity contribution is 7.90. The molecule has 1 aromatic rings. The molecule has 1 heterocycles. The molecule has 3 N–H and O–H groups in total. The standard InChI is InChI=1S/C15H19N3O4S.ClH/c1-2-18-15(20)11-6-5-10(7-13(11)23(18,21)22)14(19)17-12(8-16)9-3-4-9;/h5-7,9,12H,2-4,8,16H2,1H3,(H,17,19);1H. The number of sulfonamides is 1. The molecule has 0 saturated heterocycles. The van der Waals surface area contributed by atoms with Gasteiger partial charge in [0, 0.05) is 24.7 Å². The van der Waals surface area contributed by atoms with Crippen molar-refractivity contribution >= 4 is 34.2 Å². The van der Waals surface area contributed by atoms with Crippen molar-refractivity contribution in [2.45, 2.75) is 30.7 Å². The molecule has 0 spiro atoms. The predicted octanol–water partition coefficient (Wildman–Crippen LogP) is 0.740. The first-order valence-corrected chi connectivity index (χ1v) is 9.06. The number of hydrogen-bond donors (Lipinski definition) is 2. The van der Waals surface area contributed by atoms with E-state index in [1.54, 1.807) is 6.92 Å². The number of rotatable bonds is 5. The minimum absolute atomic E-state index is 0. The monoisotopic (exact) mass is 373 g/mol. The minimum atomic E-state index is -3.86. The molecule has 7 nitrogen and oxygen atoms in total. The highest BCUT2D eigenvalue weighted by Crippen LogP contribution is 2.33. The van der Waals surface area contributed by atoms with Gasteiger partial charge in [-0.25, -0.2) is 12.7 Å². The van der Waals surface area contributed by atoms with Crippen LogP contribution in [-0.4, -0.2) is 43.7 Å². The first kappa shape index (κ1) is 18.7. The first-order valence-electron chi connectivity index (χ1n) is 7.62. The van der Waals surface area contributed by atoms with E-state index in [-0.39, 0.29) is 46.9 Å². The Bertz CT molecular complexity index is 777. The van der Waals surface area contributed by atoms with E-state index in [9.17, 15) is 18.0 Å². The molecule has 1 aromatic carbocycles. The van der Waals surface area contributed by atoms with Crippen LogP contribution in [0.2, 0.25) is 0 Å². The lowest BCUT2D eigenvalue weighted by Gasteiger charge is -2.16. The van der Waals surface area contributed by atoms with Crippen LogP contribution in [0.15, 0.2) is 23.1 Å². The van der Waals surface area contributed by atoms with E-state index in [2.05, 4.69) is 5.32 Å². The maximum Gasteiger partial charge on any atom is 0.268 e. The van der Waals surface area contributed by atoms with Gasteiger partial charge in [-0.05, 0) is 43.9 Å². The zero-order valence-corrected chi connectivity index (χ0v) is 14.8. The minimum Gasteiger partial charge on any atom is -0.348 e. The van der Waals surface area contributed by atoms with Gasteiger partial charge in [0.1, 0.15) is 4.90 Å². The Kier molecular flexibility index (Phi) is 5.22. The SMILES string of the molecule is CCN1C(=O)c2ccc(C(=O)NC(CN)C3CC3)cc2S1(=O)=O.Cl. The summed E-state index contributed by atoms with van der Waals surface area (Å²) in [5.41, 5.74) is 6.00. The molecule has 1 aliphatic heterocycles. The van der Waals surface area contributed by atoms with Crippen LogP contribution in [0.1, 0.15) is 40.5 Å². The van der Waals surface area contributed by atoms with Gasteiger partial charge in [-0.1, -0.05) is 0 Å². The maximum absolute atomic E-state index is 12.4. The van der Waals surface area contributed by atoms with E-state index in [0.717, 1.165) is 17.1 Å². The number of hydrogen-bond acceptors (Lipinski definition) is 5. The third-order valence-electron chi connectivity index (χ3n) is 4.32. The fraction of sp³-hybridized carbons (Fsp3) is 0.467. The molecule has 1 fully saturated rings. The molecule has 3 rings (SSSR count). The number of benzene rings is 1. The molecule has 0 bridgehead atoms. The van der Waals surface area contributed by atoms with Crippen molar-refractivity contribution in [2.75, 3.05) is 13.1 Å². The molecular formula is C15H20ClN3O4S. The van der Waals surface area contributed by atoms with Crippen molar-refractivity contribution in [2.24, 2.45) is 11.7 Å². The van der Waals surface area contributed by atoms with Gasteiger partial charge in [-0.15, -0.1) is 12.4 Å². The molecule has 0 radical (unpaired) electrons. The maximum atomic E-state index is 12.4. The van der Waals surface area contributed by atoms with Gasteiger partial charge in [0.05, 0.1) is 5.56 Å². The van der Waals surface area contributed by atoms with E-state index in [0.29, 0.717) is 12.5 Å². The van der Waals surface area contributed by atoms with Gasteiger partial charge in [0.15, 0.2) is 0 Å². The summed E-state index contributed by atoms with van der Waals surface area (Å²) in [5.74, 6) is -0.515. The fourth-order valence-corrected chi connectivity index (χ4v) is 4.45. The van der Waals surface area contributed by atoms with Crippen molar-refractivity contribution in [3.63, 3.8) is 0 Å². The summed E-state index contributed by atoms with van der Waals surface area (Å²) in [6, 6.07) is 4.05. The largest absolute Gasteiger partial charge is 0.348 e. The van der Waals surface area contributed by atoms with Gasteiger partial charge >= 0.3 is 0 Å². The molecule has 0 aromatic heterocycles. The Morgan fingerprint density at radius 2 is 2.08 bits per heavy atom. The number of fused-ring (bicyclic) bond motifs is 1. The van der Waals surface area contributed by atoms with E-state index in [1.807, 2.05) is 0 Å². The molecule has 1 aliphatic carbocycles. The molecular weight excluding hydrogens is 354 g/mol. The average Bonchev–Trinajstić information content (AvgIpc) is 3.34. The smallest absolute Gasteiger partial charge is 0.268 e. The Balaban J connectivity index is 0.00000208. The number of amides is 2. The van der Waals surface area contributed by atoms with Crippen molar-refractivity contribution < 1.29 is 18.0 Å². The van der Waals surface area contributed by atoms with Crippen LogP contribution in [-0.2, 0) is 10.0 Å². The van der Waals surface area contributed by atoms with Gasteiger partial charge in [0.25, 0.3) is 21.8 Å². The molecule has 2 amide bonds. The third kappa shape index (κ3) is 3.01. The quantitative estimate of drug-likeness (QED) is 0.791. The zero-order chi connectivity index (χ0) is 16.8. The van der Waals surface area contributed by atoms with Crippen molar-refractivity contribution in [3.8, 4) is 0 Å². The Morgan fingerprint density at radius 1 is 1.42 bits per heavy atom. The number of carbonyl (C=O) groups is 2. The summed E-state index contributed by atoms with van der Waals surface area (Å²) in [6.07, 6.45) is 2.08. The second-order valence-electron chi connectivity index (χ2n) is 5.84. The molecule has 24 heavy (non-hydrogen) atoms. The fourth-order valence-electron chi connectivity index (χ4n) is 2.85. The van der Waals surface area contributed by atoms with Gasteiger partial charge in [0.2, 0.25) is 0 Å². The van der Waals surface area contributed by atoms with Crippen LogP contribution in [0.4, 0.5) is 0 Å². The molecule has 1 saturated carbocycles. The lowest BCUT2D eigenvalue weighted by atomic mass is 10.1. The van der Waals surface area contributed by atoms with Crippen LogP contribution in [0.25, 0.3) is 0 Å². The summed E-state index contributed by atoms with van der Waals surface area (Å²) < 4.78 is 25.5. The highest BCUT2D eigenvalue weighted by Gasteiger charge is 2.40. The first-order chi connectivity index (χ1) is 10.9. The summed E-state index contributed by atoms with van der Waals surface area (Å²) >= 11 is 0. The van der Waals surface area contributed by atoms with Crippen molar-refractivity contribution in [1.29, 1.82) is 0 Å². The summed E-state index contributed by atoms with van der Waals surface area (Å²) in [4.78, 5) is 24.3. The number of carbonyl (C=O) groups excluding carboxylic acids is 2. The topological polar surface area (TPSA) is 110 Å². The van der Waals surface area contributed by atoms with Crippen LogP contribution < -0.4 is 11.1 Å². The summed E-state index contributed by atoms with van der Waals surface area (Å²) in [7, 11) is -3.86. The van der Waals surface area contributed by atoms with E-state index in [1.165, 1.54) is 18.2 Å². The Labute approximate surface area is 147 Å².